The van der Waals surface area contributed by atoms with Crippen LogP contribution in [0.3, 0.4) is 0 Å². The third-order valence-electron chi connectivity index (χ3n) is 3.13. The first-order chi connectivity index (χ1) is 6.63. The van der Waals surface area contributed by atoms with Gasteiger partial charge >= 0.3 is 0 Å². The van der Waals surface area contributed by atoms with Crippen LogP contribution >= 0.6 is 0 Å². The molecule has 0 radical (unpaired) electrons. The first-order valence-corrected chi connectivity index (χ1v) is 6.07. The van der Waals surface area contributed by atoms with E-state index in [9.17, 15) is 0 Å². The van der Waals surface area contributed by atoms with E-state index in [4.69, 9.17) is 5.73 Å². The van der Waals surface area contributed by atoms with Gasteiger partial charge in [0.05, 0.1) is 0 Å². The molecule has 1 saturated carbocycles. The average molecular weight is 198 g/mol. The molecule has 0 amide bonds. The van der Waals surface area contributed by atoms with Crippen molar-refractivity contribution in [2.75, 3.05) is 19.6 Å². The van der Waals surface area contributed by atoms with Gasteiger partial charge in [-0.25, -0.2) is 0 Å². The van der Waals surface area contributed by atoms with Gasteiger partial charge in [-0.2, -0.15) is 0 Å². The van der Waals surface area contributed by atoms with E-state index < -0.39 is 0 Å². The molecule has 2 nitrogen and oxygen atoms in total. The second kappa shape index (κ2) is 5.72. The molecule has 0 heterocycles. The standard InChI is InChI=1S/C12H26N2/c1-10(2)14(9-12-4-5-12)8-11(3)6-7-13/h10-12H,4-9,13H2,1-3H3. The predicted octanol–water partition coefficient (Wildman–Crippen LogP) is 2.09. The minimum absolute atomic E-state index is 0.691. The number of nitrogens with two attached hydrogens (primary N) is 1. The van der Waals surface area contributed by atoms with E-state index in [1.54, 1.807) is 0 Å². The molecular formula is C12H26N2. The Morgan fingerprint density at radius 1 is 1.29 bits per heavy atom. The van der Waals surface area contributed by atoms with Crippen LogP contribution in [0.4, 0.5) is 0 Å². The van der Waals surface area contributed by atoms with Gasteiger partial charge in [-0.15, -0.1) is 0 Å². The molecular weight excluding hydrogens is 172 g/mol. The fourth-order valence-electron chi connectivity index (χ4n) is 1.90. The minimum atomic E-state index is 0.691. The third-order valence-corrected chi connectivity index (χ3v) is 3.13. The molecule has 2 N–H and O–H groups in total. The average Bonchev–Trinajstić information content (AvgIpc) is 2.87. The summed E-state index contributed by atoms with van der Waals surface area (Å²) in [5, 5.41) is 0. The van der Waals surface area contributed by atoms with Crippen molar-refractivity contribution >= 4 is 0 Å². The van der Waals surface area contributed by atoms with Crippen molar-refractivity contribution in [2.24, 2.45) is 17.6 Å². The summed E-state index contributed by atoms with van der Waals surface area (Å²) in [6.07, 6.45) is 4.07. The second-order valence-electron chi connectivity index (χ2n) is 5.17. The molecule has 84 valence electrons. The van der Waals surface area contributed by atoms with E-state index in [2.05, 4.69) is 25.7 Å². The molecule has 2 heteroatoms. The summed E-state index contributed by atoms with van der Waals surface area (Å²) in [6, 6.07) is 0.691. The molecule has 14 heavy (non-hydrogen) atoms. The fourth-order valence-corrected chi connectivity index (χ4v) is 1.90. The van der Waals surface area contributed by atoms with Crippen molar-refractivity contribution in [3.05, 3.63) is 0 Å². The quantitative estimate of drug-likeness (QED) is 0.679. The highest BCUT2D eigenvalue weighted by molar-refractivity contribution is 4.79. The number of rotatable bonds is 7. The summed E-state index contributed by atoms with van der Waals surface area (Å²) in [4.78, 5) is 2.62. The summed E-state index contributed by atoms with van der Waals surface area (Å²) < 4.78 is 0. The van der Waals surface area contributed by atoms with Crippen molar-refractivity contribution in [3.8, 4) is 0 Å². The van der Waals surface area contributed by atoms with Gasteiger partial charge in [0.15, 0.2) is 0 Å². The van der Waals surface area contributed by atoms with Crippen LogP contribution in [-0.4, -0.2) is 30.6 Å². The minimum Gasteiger partial charge on any atom is -0.330 e. The number of hydrogen-bond donors (Lipinski definition) is 1. The molecule has 0 aromatic heterocycles. The van der Waals surface area contributed by atoms with E-state index in [1.165, 1.54) is 25.9 Å². The highest BCUT2D eigenvalue weighted by Gasteiger charge is 2.25. The lowest BCUT2D eigenvalue weighted by Gasteiger charge is -2.29. The molecule has 1 aliphatic carbocycles. The first kappa shape index (κ1) is 12.0. The van der Waals surface area contributed by atoms with Crippen molar-refractivity contribution in [1.82, 2.24) is 4.90 Å². The monoisotopic (exact) mass is 198 g/mol. The van der Waals surface area contributed by atoms with Crippen LogP contribution in [0.5, 0.6) is 0 Å². The predicted molar refractivity (Wildman–Crippen MR) is 62.3 cm³/mol. The lowest BCUT2D eigenvalue weighted by molar-refractivity contribution is 0.182. The topological polar surface area (TPSA) is 29.3 Å². The molecule has 1 rings (SSSR count). The highest BCUT2D eigenvalue weighted by Crippen LogP contribution is 2.30. The van der Waals surface area contributed by atoms with Crippen LogP contribution in [0, 0.1) is 11.8 Å². The Hall–Kier alpha value is -0.0800. The fraction of sp³-hybridized carbons (Fsp3) is 1.00. The lowest BCUT2D eigenvalue weighted by atomic mass is 10.1. The van der Waals surface area contributed by atoms with E-state index in [0.717, 1.165) is 24.8 Å². The Balaban J connectivity index is 2.25. The number of hydrogen-bond acceptors (Lipinski definition) is 2. The Kier molecular flexibility index (Phi) is 4.90. The Labute approximate surface area is 88.8 Å². The van der Waals surface area contributed by atoms with Crippen molar-refractivity contribution in [2.45, 2.75) is 46.1 Å². The van der Waals surface area contributed by atoms with Crippen LogP contribution in [0.15, 0.2) is 0 Å². The van der Waals surface area contributed by atoms with Gasteiger partial charge < -0.3 is 10.6 Å². The van der Waals surface area contributed by atoms with E-state index in [-0.39, 0.29) is 0 Å². The third kappa shape index (κ3) is 4.43. The van der Waals surface area contributed by atoms with Crippen LogP contribution in [0.2, 0.25) is 0 Å². The molecule has 0 aromatic rings. The van der Waals surface area contributed by atoms with Crippen molar-refractivity contribution in [1.29, 1.82) is 0 Å². The maximum Gasteiger partial charge on any atom is 0.00388 e. The zero-order valence-electron chi connectivity index (χ0n) is 10.00. The molecule has 1 unspecified atom stereocenters. The molecule has 0 spiro atoms. The lowest BCUT2D eigenvalue weighted by Crippen LogP contribution is -2.36. The zero-order valence-corrected chi connectivity index (χ0v) is 10.00. The molecule has 0 aromatic carbocycles. The van der Waals surface area contributed by atoms with Crippen LogP contribution < -0.4 is 5.73 Å². The summed E-state index contributed by atoms with van der Waals surface area (Å²) in [5.74, 6) is 1.75. The van der Waals surface area contributed by atoms with E-state index in [0.29, 0.717) is 6.04 Å². The van der Waals surface area contributed by atoms with Crippen molar-refractivity contribution < 1.29 is 0 Å². The van der Waals surface area contributed by atoms with Gasteiger partial charge in [0.25, 0.3) is 0 Å². The van der Waals surface area contributed by atoms with Gasteiger partial charge in [0.1, 0.15) is 0 Å². The van der Waals surface area contributed by atoms with Crippen LogP contribution in [0.1, 0.15) is 40.0 Å². The van der Waals surface area contributed by atoms with Gasteiger partial charge in [-0.1, -0.05) is 6.92 Å². The van der Waals surface area contributed by atoms with E-state index in [1.807, 2.05) is 0 Å². The van der Waals surface area contributed by atoms with Gasteiger partial charge in [-0.3, -0.25) is 0 Å². The first-order valence-electron chi connectivity index (χ1n) is 6.07. The molecule has 1 atom stereocenters. The number of nitrogens with zero attached hydrogens (tertiary/aromatic N) is 1. The van der Waals surface area contributed by atoms with Crippen LogP contribution in [0.25, 0.3) is 0 Å². The smallest absolute Gasteiger partial charge is 0.00388 e. The molecule has 0 aliphatic heterocycles. The molecule has 0 bridgehead atoms. The Morgan fingerprint density at radius 2 is 1.93 bits per heavy atom. The SMILES string of the molecule is CC(CCN)CN(CC1CC1)C(C)C. The summed E-state index contributed by atoms with van der Waals surface area (Å²) >= 11 is 0. The Morgan fingerprint density at radius 3 is 2.36 bits per heavy atom. The zero-order chi connectivity index (χ0) is 10.6. The van der Waals surface area contributed by atoms with Gasteiger partial charge in [-0.05, 0) is 51.5 Å². The van der Waals surface area contributed by atoms with Gasteiger partial charge in [0, 0.05) is 19.1 Å². The second-order valence-corrected chi connectivity index (χ2v) is 5.17. The maximum atomic E-state index is 5.58. The summed E-state index contributed by atoms with van der Waals surface area (Å²) in [7, 11) is 0. The maximum absolute atomic E-state index is 5.58. The molecule has 1 fully saturated rings. The van der Waals surface area contributed by atoms with E-state index >= 15 is 0 Å². The molecule has 0 saturated heterocycles. The van der Waals surface area contributed by atoms with Crippen molar-refractivity contribution in [3.63, 3.8) is 0 Å². The normalized spacial score (nSPS) is 19.3. The van der Waals surface area contributed by atoms with Crippen LogP contribution in [-0.2, 0) is 0 Å². The van der Waals surface area contributed by atoms with Gasteiger partial charge in [0.2, 0.25) is 0 Å². The summed E-state index contributed by atoms with van der Waals surface area (Å²) in [6.45, 7) is 10.3. The Bertz CT molecular complexity index is 152. The highest BCUT2D eigenvalue weighted by atomic mass is 15.2. The summed E-state index contributed by atoms with van der Waals surface area (Å²) in [5.41, 5.74) is 5.58. The molecule has 1 aliphatic rings. The largest absolute Gasteiger partial charge is 0.330 e.